The highest BCUT2D eigenvalue weighted by Gasteiger charge is 1.99. The van der Waals surface area contributed by atoms with Crippen LogP contribution < -0.4 is 5.32 Å². The van der Waals surface area contributed by atoms with Gasteiger partial charge in [-0.1, -0.05) is 23.7 Å². The molecule has 0 amide bonds. The van der Waals surface area contributed by atoms with Crippen LogP contribution in [0.3, 0.4) is 0 Å². The maximum absolute atomic E-state index is 10.2. The van der Waals surface area contributed by atoms with Crippen molar-refractivity contribution >= 4 is 33.7 Å². The quantitative estimate of drug-likeness (QED) is 0.614. The molecule has 0 spiro atoms. The fourth-order valence-electron chi connectivity index (χ4n) is 0.775. The van der Waals surface area contributed by atoms with Gasteiger partial charge in [0, 0.05) is 0 Å². The number of carboxylic acid groups (broad SMARTS) is 1. The first kappa shape index (κ1) is 15.7. The van der Waals surface area contributed by atoms with Crippen LogP contribution in [0, 0.1) is 0 Å². The van der Waals surface area contributed by atoms with Crippen LogP contribution in [0.4, 0.5) is 5.69 Å². The molecule has 0 atom stereocenters. The number of halogens is 1. The van der Waals surface area contributed by atoms with Gasteiger partial charge in [-0.15, -0.1) is 0 Å². The minimum Gasteiger partial charge on any atom is -0.480 e. The minimum absolute atomic E-state index is 0.121. The van der Waals surface area contributed by atoms with Gasteiger partial charge in [-0.05, 0) is 12.1 Å². The van der Waals surface area contributed by atoms with Crippen LogP contribution in [0.5, 0.6) is 0 Å². The number of benzene rings is 1. The fraction of sp³-hybridized carbons (Fsp3) is 0.125. The van der Waals surface area contributed by atoms with Crippen LogP contribution in [0.15, 0.2) is 24.3 Å². The first-order valence-corrected chi connectivity index (χ1v) is 5.87. The Bertz CT molecular complexity index is 467. The van der Waals surface area contributed by atoms with Crippen molar-refractivity contribution in [2.24, 2.45) is 0 Å². The summed E-state index contributed by atoms with van der Waals surface area (Å²) in [7, 11) is -4.67. The summed E-state index contributed by atoms with van der Waals surface area (Å²) in [6.07, 6.45) is 0. The lowest BCUT2D eigenvalue weighted by molar-refractivity contribution is -0.134. The standard InChI is InChI=1S/C8H8ClNO2.H2O4S/c9-6-3-1-2-4-7(6)10-5-8(11)12;1-5(2,3)4/h1-4,10H,5H2,(H,11,12);(H2,1,2,3,4). The molecular weight excluding hydrogens is 274 g/mol. The molecule has 96 valence electrons. The SMILES string of the molecule is O=C(O)CNc1ccccc1Cl.O=S(=O)(O)O. The number of rotatable bonds is 3. The van der Waals surface area contributed by atoms with E-state index in [-0.39, 0.29) is 6.54 Å². The summed E-state index contributed by atoms with van der Waals surface area (Å²) in [5, 5.41) is 11.6. The highest BCUT2D eigenvalue weighted by molar-refractivity contribution is 7.79. The van der Waals surface area contributed by atoms with Gasteiger partial charge in [-0.2, -0.15) is 8.42 Å². The van der Waals surface area contributed by atoms with Crippen molar-refractivity contribution in [1.29, 1.82) is 0 Å². The zero-order valence-corrected chi connectivity index (χ0v) is 9.94. The summed E-state index contributed by atoms with van der Waals surface area (Å²) < 4.78 is 31.6. The Morgan fingerprint density at radius 1 is 1.29 bits per heavy atom. The molecular formula is C8H10ClNO6S. The maximum atomic E-state index is 10.2. The number of aliphatic carboxylic acids is 1. The Hall–Kier alpha value is -1.35. The molecule has 1 rings (SSSR count). The number of carboxylic acids is 1. The predicted molar refractivity (Wildman–Crippen MR) is 61.8 cm³/mol. The lowest BCUT2D eigenvalue weighted by Gasteiger charge is -2.03. The maximum Gasteiger partial charge on any atom is 0.394 e. The molecule has 17 heavy (non-hydrogen) atoms. The summed E-state index contributed by atoms with van der Waals surface area (Å²) >= 11 is 5.75. The van der Waals surface area contributed by atoms with E-state index in [1.165, 1.54) is 0 Å². The van der Waals surface area contributed by atoms with E-state index in [1.54, 1.807) is 24.3 Å². The minimum atomic E-state index is -4.67. The van der Waals surface area contributed by atoms with Crippen LogP contribution in [0.1, 0.15) is 0 Å². The van der Waals surface area contributed by atoms with Crippen LogP contribution >= 0.6 is 11.6 Å². The molecule has 0 aliphatic heterocycles. The summed E-state index contributed by atoms with van der Waals surface area (Å²) in [5.41, 5.74) is 0.640. The Labute approximate surface area is 103 Å². The Balaban J connectivity index is 0.000000437. The molecule has 1 aromatic carbocycles. The Kier molecular flexibility index (Phi) is 6.51. The molecule has 7 nitrogen and oxygen atoms in total. The van der Waals surface area contributed by atoms with Gasteiger partial charge >= 0.3 is 16.4 Å². The lowest BCUT2D eigenvalue weighted by Crippen LogP contribution is -2.12. The van der Waals surface area contributed by atoms with Crippen LogP contribution in [0.2, 0.25) is 5.02 Å². The number of para-hydroxylation sites is 1. The van der Waals surface area contributed by atoms with Crippen molar-refractivity contribution in [3.63, 3.8) is 0 Å². The van der Waals surface area contributed by atoms with Gasteiger partial charge in [0.15, 0.2) is 0 Å². The van der Waals surface area contributed by atoms with Crippen LogP contribution in [-0.2, 0) is 15.2 Å². The van der Waals surface area contributed by atoms with Crippen molar-refractivity contribution in [2.45, 2.75) is 0 Å². The highest BCUT2D eigenvalue weighted by Crippen LogP contribution is 2.19. The number of hydrogen-bond donors (Lipinski definition) is 4. The fourth-order valence-corrected chi connectivity index (χ4v) is 0.978. The topological polar surface area (TPSA) is 124 Å². The third-order valence-electron chi connectivity index (χ3n) is 1.30. The average Bonchev–Trinajstić information content (AvgIpc) is 2.13. The van der Waals surface area contributed by atoms with E-state index < -0.39 is 16.4 Å². The van der Waals surface area contributed by atoms with Crippen molar-refractivity contribution < 1.29 is 27.4 Å². The molecule has 0 heterocycles. The zero-order chi connectivity index (χ0) is 13.5. The summed E-state index contributed by atoms with van der Waals surface area (Å²) in [6.45, 7) is -0.121. The van der Waals surface area contributed by atoms with Gasteiger partial charge < -0.3 is 10.4 Å². The van der Waals surface area contributed by atoms with E-state index in [0.29, 0.717) is 10.7 Å². The van der Waals surface area contributed by atoms with Gasteiger partial charge in [0.25, 0.3) is 0 Å². The molecule has 0 saturated heterocycles. The molecule has 0 aliphatic rings. The first-order chi connectivity index (χ1) is 7.70. The monoisotopic (exact) mass is 283 g/mol. The molecule has 0 saturated carbocycles. The van der Waals surface area contributed by atoms with Gasteiger partial charge in [0.2, 0.25) is 0 Å². The predicted octanol–water partition coefficient (Wildman–Crippen LogP) is 1.18. The molecule has 0 bridgehead atoms. The Morgan fingerprint density at radius 3 is 2.18 bits per heavy atom. The average molecular weight is 284 g/mol. The van der Waals surface area contributed by atoms with Gasteiger partial charge in [-0.25, -0.2) is 0 Å². The molecule has 4 N–H and O–H groups in total. The summed E-state index contributed by atoms with van der Waals surface area (Å²) in [5.74, 6) is -0.907. The van der Waals surface area contributed by atoms with Crippen molar-refractivity contribution in [1.82, 2.24) is 0 Å². The zero-order valence-electron chi connectivity index (χ0n) is 8.37. The third kappa shape index (κ3) is 10.9. The largest absolute Gasteiger partial charge is 0.480 e. The highest BCUT2D eigenvalue weighted by atomic mass is 35.5. The van der Waals surface area contributed by atoms with Crippen LogP contribution in [0.25, 0.3) is 0 Å². The molecule has 0 aromatic heterocycles. The van der Waals surface area contributed by atoms with Crippen molar-refractivity contribution in [2.75, 3.05) is 11.9 Å². The summed E-state index contributed by atoms with van der Waals surface area (Å²) in [6, 6.07) is 7.00. The number of nitrogens with one attached hydrogen (secondary N) is 1. The molecule has 0 unspecified atom stereocenters. The normalized spacial score (nSPS) is 10.1. The van der Waals surface area contributed by atoms with Crippen LogP contribution in [-0.4, -0.2) is 35.1 Å². The number of hydrogen-bond acceptors (Lipinski definition) is 4. The molecule has 1 aromatic rings. The van der Waals surface area contributed by atoms with E-state index in [4.69, 9.17) is 34.2 Å². The summed E-state index contributed by atoms with van der Waals surface area (Å²) in [4.78, 5) is 10.2. The van der Waals surface area contributed by atoms with Crippen molar-refractivity contribution in [3.8, 4) is 0 Å². The van der Waals surface area contributed by atoms with Crippen molar-refractivity contribution in [3.05, 3.63) is 29.3 Å². The molecule has 0 radical (unpaired) electrons. The van der Waals surface area contributed by atoms with E-state index in [1.807, 2.05) is 0 Å². The third-order valence-corrected chi connectivity index (χ3v) is 1.63. The van der Waals surface area contributed by atoms with E-state index in [2.05, 4.69) is 5.32 Å². The number of anilines is 1. The van der Waals surface area contributed by atoms with E-state index in [0.717, 1.165) is 0 Å². The second kappa shape index (κ2) is 7.07. The molecule has 0 fully saturated rings. The van der Waals surface area contributed by atoms with Gasteiger partial charge in [0.1, 0.15) is 6.54 Å². The smallest absolute Gasteiger partial charge is 0.394 e. The number of carbonyl (C=O) groups is 1. The second-order valence-corrected chi connectivity index (χ2v) is 3.98. The Morgan fingerprint density at radius 2 is 1.76 bits per heavy atom. The molecule has 9 heteroatoms. The van der Waals surface area contributed by atoms with E-state index >= 15 is 0 Å². The van der Waals surface area contributed by atoms with Gasteiger partial charge in [-0.3, -0.25) is 13.9 Å². The lowest BCUT2D eigenvalue weighted by atomic mass is 10.3. The molecule has 0 aliphatic carbocycles. The van der Waals surface area contributed by atoms with E-state index in [9.17, 15) is 4.79 Å². The second-order valence-electron chi connectivity index (χ2n) is 2.67. The van der Waals surface area contributed by atoms with Gasteiger partial charge in [0.05, 0.1) is 10.7 Å². The first-order valence-electron chi connectivity index (χ1n) is 4.10.